The molecule has 0 aliphatic carbocycles. The third kappa shape index (κ3) is 4.83. The molecule has 0 aliphatic heterocycles. The van der Waals surface area contributed by atoms with Gasteiger partial charge in [-0.1, -0.05) is 17.9 Å². The summed E-state index contributed by atoms with van der Waals surface area (Å²) in [6.07, 6.45) is 0. The highest BCUT2D eigenvalue weighted by molar-refractivity contribution is 7.89. The van der Waals surface area contributed by atoms with Gasteiger partial charge in [-0.25, -0.2) is 8.42 Å². The van der Waals surface area contributed by atoms with Gasteiger partial charge in [0.2, 0.25) is 10.0 Å². The van der Waals surface area contributed by atoms with Gasteiger partial charge in [-0.05, 0) is 31.5 Å². The van der Waals surface area contributed by atoms with Crippen LogP contribution in [0.3, 0.4) is 0 Å². The minimum Gasteiger partial charge on any atom is -0.380 e. The highest BCUT2D eigenvalue weighted by Gasteiger charge is 2.22. The van der Waals surface area contributed by atoms with E-state index in [1.54, 1.807) is 32.2 Å². The lowest BCUT2D eigenvalue weighted by Crippen LogP contribution is -2.30. The first-order valence-corrected chi connectivity index (χ1v) is 8.21. The minimum atomic E-state index is -3.54. The van der Waals surface area contributed by atoms with Crippen LogP contribution >= 0.6 is 0 Å². The molecule has 1 aromatic carbocycles. The van der Waals surface area contributed by atoms with Crippen molar-refractivity contribution in [3.63, 3.8) is 0 Å². The van der Waals surface area contributed by atoms with E-state index in [4.69, 9.17) is 10.5 Å². The van der Waals surface area contributed by atoms with E-state index < -0.39 is 10.0 Å². The fourth-order valence-corrected chi connectivity index (χ4v) is 3.14. The smallest absolute Gasteiger partial charge is 0.243 e. The topological polar surface area (TPSA) is 72.6 Å². The molecule has 0 unspecified atom stereocenters. The molecule has 0 atom stereocenters. The van der Waals surface area contributed by atoms with Crippen LogP contribution in [-0.4, -0.2) is 46.1 Å². The second-order valence-electron chi connectivity index (χ2n) is 4.51. The normalized spacial score (nSPS) is 11.3. The van der Waals surface area contributed by atoms with Crippen molar-refractivity contribution in [3.05, 3.63) is 29.3 Å². The molecular formula is C15H22N2O3S. The average Bonchev–Trinajstić information content (AvgIpc) is 2.46. The Kier molecular flexibility index (Phi) is 6.85. The Morgan fingerprint density at radius 2 is 2.10 bits per heavy atom. The SMILES string of the molecule is CCOCCN(C)S(=O)(=O)c1cc(C#CCN)ccc1C. The number of benzene rings is 1. The monoisotopic (exact) mass is 310 g/mol. The lowest BCUT2D eigenvalue weighted by atomic mass is 10.1. The summed E-state index contributed by atoms with van der Waals surface area (Å²) in [4.78, 5) is 0.269. The highest BCUT2D eigenvalue weighted by Crippen LogP contribution is 2.20. The average molecular weight is 310 g/mol. The summed E-state index contributed by atoms with van der Waals surface area (Å²) in [5, 5.41) is 0. The van der Waals surface area contributed by atoms with Gasteiger partial charge in [0.05, 0.1) is 18.0 Å². The molecule has 116 valence electrons. The Hall–Kier alpha value is -1.39. The minimum absolute atomic E-state index is 0.240. The van der Waals surface area contributed by atoms with Gasteiger partial charge in [0, 0.05) is 25.8 Å². The first kappa shape index (κ1) is 17.7. The van der Waals surface area contributed by atoms with Gasteiger partial charge in [0.1, 0.15) is 0 Å². The van der Waals surface area contributed by atoms with Crippen molar-refractivity contribution in [3.8, 4) is 11.8 Å². The molecule has 0 bridgehead atoms. The van der Waals surface area contributed by atoms with Gasteiger partial charge in [-0.3, -0.25) is 0 Å². The van der Waals surface area contributed by atoms with Crippen LogP contribution in [0.4, 0.5) is 0 Å². The molecule has 6 heteroatoms. The molecule has 2 N–H and O–H groups in total. The van der Waals surface area contributed by atoms with E-state index in [1.165, 1.54) is 4.31 Å². The number of nitrogens with zero attached hydrogens (tertiary/aromatic N) is 1. The van der Waals surface area contributed by atoms with Crippen LogP contribution in [0, 0.1) is 18.8 Å². The Bertz CT molecular complexity index is 630. The van der Waals surface area contributed by atoms with E-state index in [-0.39, 0.29) is 11.4 Å². The van der Waals surface area contributed by atoms with Crippen molar-refractivity contribution >= 4 is 10.0 Å². The van der Waals surface area contributed by atoms with Crippen molar-refractivity contribution in [1.29, 1.82) is 0 Å². The van der Waals surface area contributed by atoms with E-state index in [0.717, 1.165) is 0 Å². The van der Waals surface area contributed by atoms with Crippen LogP contribution in [0.25, 0.3) is 0 Å². The molecule has 0 amide bonds. The summed E-state index contributed by atoms with van der Waals surface area (Å²) in [5.41, 5.74) is 6.67. The molecule has 0 saturated carbocycles. The van der Waals surface area contributed by atoms with Crippen LogP contribution in [0.2, 0.25) is 0 Å². The van der Waals surface area contributed by atoms with Gasteiger partial charge in [0.25, 0.3) is 0 Å². The molecule has 0 spiro atoms. The molecule has 21 heavy (non-hydrogen) atoms. The number of sulfonamides is 1. The Labute approximate surface area is 127 Å². The molecule has 0 aliphatic rings. The Morgan fingerprint density at radius 1 is 1.38 bits per heavy atom. The zero-order valence-corrected chi connectivity index (χ0v) is 13.5. The maximum absolute atomic E-state index is 12.6. The maximum Gasteiger partial charge on any atom is 0.243 e. The molecule has 1 rings (SSSR count). The Morgan fingerprint density at radius 3 is 2.71 bits per heavy atom. The van der Waals surface area contributed by atoms with Crippen molar-refractivity contribution in [2.75, 3.05) is 33.4 Å². The van der Waals surface area contributed by atoms with Gasteiger partial charge < -0.3 is 10.5 Å². The standard InChI is InChI=1S/C15H22N2O3S/c1-4-20-11-10-17(3)21(18,19)15-12-14(6-5-9-16)8-7-13(15)2/h7-8,12H,4,9-11,16H2,1-3H3. The summed E-state index contributed by atoms with van der Waals surface area (Å²) in [6.45, 7) is 5.13. The number of likely N-dealkylation sites (N-methyl/N-ethyl adjacent to an activating group) is 1. The number of nitrogens with two attached hydrogens (primary N) is 1. The zero-order valence-electron chi connectivity index (χ0n) is 12.7. The molecule has 1 aromatic rings. The fraction of sp³-hybridized carbons (Fsp3) is 0.467. The second-order valence-corrected chi connectivity index (χ2v) is 6.52. The molecule has 0 fully saturated rings. The van der Waals surface area contributed by atoms with Crippen LogP contribution in [0.15, 0.2) is 23.1 Å². The fourth-order valence-electron chi connectivity index (χ4n) is 1.73. The van der Waals surface area contributed by atoms with Crippen LogP contribution in [0.5, 0.6) is 0 Å². The number of rotatable bonds is 6. The van der Waals surface area contributed by atoms with Crippen LogP contribution in [0.1, 0.15) is 18.1 Å². The summed E-state index contributed by atoms with van der Waals surface area (Å²) < 4.78 is 31.6. The van der Waals surface area contributed by atoms with E-state index in [9.17, 15) is 8.42 Å². The van der Waals surface area contributed by atoms with Crippen molar-refractivity contribution in [1.82, 2.24) is 4.31 Å². The maximum atomic E-state index is 12.6. The third-order valence-electron chi connectivity index (χ3n) is 2.97. The van der Waals surface area contributed by atoms with Gasteiger partial charge in [-0.15, -0.1) is 0 Å². The number of aryl methyl sites for hydroxylation is 1. The zero-order chi connectivity index (χ0) is 15.9. The first-order valence-electron chi connectivity index (χ1n) is 6.77. The van der Waals surface area contributed by atoms with Gasteiger partial charge >= 0.3 is 0 Å². The summed E-state index contributed by atoms with van der Waals surface area (Å²) in [5.74, 6) is 5.58. The lowest BCUT2D eigenvalue weighted by molar-refractivity contribution is 0.138. The van der Waals surface area contributed by atoms with E-state index in [0.29, 0.717) is 30.9 Å². The van der Waals surface area contributed by atoms with Crippen LogP contribution in [-0.2, 0) is 14.8 Å². The third-order valence-corrected chi connectivity index (χ3v) is 4.96. The molecule has 0 heterocycles. The highest BCUT2D eigenvalue weighted by atomic mass is 32.2. The molecular weight excluding hydrogens is 288 g/mol. The van der Waals surface area contributed by atoms with E-state index in [1.807, 2.05) is 6.92 Å². The summed E-state index contributed by atoms with van der Waals surface area (Å²) >= 11 is 0. The molecule has 0 radical (unpaired) electrons. The van der Waals surface area contributed by atoms with Crippen molar-refractivity contribution in [2.45, 2.75) is 18.7 Å². The lowest BCUT2D eigenvalue weighted by Gasteiger charge is -2.18. The predicted molar refractivity (Wildman–Crippen MR) is 83.4 cm³/mol. The van der Waals surface area contributed by atoms with Gasteiger partial charge in [0.15, 0.2) is 0 Å². The number of ether oxygens (including phenoxy) is 1. The molecule has 0 saturated heterocycles. The number of hydrogen-bond acceptors (Lipinski definition) is 4. The predicted octanol–water partition coefficient (Wildman–Crippen LogP) is 0.962. The van der Waals surface area contributed by atoms with Gasteiger partial charge in [-0.2, -0.15) is 4.31 Å². The van der Waals surface area contributed by atoms with E-state index >= 15 is 0 Å². The molecule has 0 aromatic heterocycles. The summed E-state index contributed by atoms with van der Waals surface area (Å²) in [7, 11) is -2.00. The van der Waals surface area contributed by atoms with Crippen molar-refractivity contribution in [2.24, 2.45) is 5.73 Å². The second kappa shape index (κ2) is 8.15. The Balaban J connectivity index is 3.06. The quantitative estimate of drug-likeness (QED) is 0.627. The molecule has 5 nitrogen and oxygen atoms in total. The summed E-state index contributed by atoms with van der Waals surface area (Å²) in [6, 6.07) is 5.13. The van der Waals surface area contributed by atoms with Crippen molar-refractivity contribution < 1.29 is 13.2 Å². The van der Waals surface area contributed by atoms with Crippen LogP contribution < -0.4 is 5.73 Å². The first-order chi connectivity index (χ1) is 9.93. The largest absolute Gasteiger partial charge is 0.380 e. The number of hydrogen-bond donors (Lipinski definition) is 1. The van der Waals surface area contributed by atoms with E-state index in [2.05, 4.69) is 11.8 Å².